The first-order valence-corrected chi connectivity index (χ1v) is 12.1. The number of aryl methyl sites for hydroxylation is 1. The Labute approximate surface area is 194 Å². The standard InChI is InChI=1S/C24H31N5O2S/c1-3-5-23(30)29-7-4-6-19(17-29)12-21-13-20(16-28-8-10-31-11-9-28)14-22(26-21)27-24-25-15-18(2)32-24/h13-15,19H,4,6-12,16-17H2,1-2H3,(H,25,26,27)/t19-/m1/s1. The van der Waals surface area contributed by atoms with Crippen LogP contribution in [0.3, 0.4) is 0 Å². The number of nitrogens with zero attached hydrogens (tertiary/aromatic N) is 4. The number of morpholine rings is 1. The topological polar surface area (TPSA) is 70.6 Å². The predicted octanol–water partition coefficient (Wildman–Crippen LogP) is 3.23. The molecule has 0 radical (unpaired) electrons. The number of piperidine rings is 1. The van der Waals surface area contributed by atoms with Crippen LogP contribution in [0.25, 0.3) is 0 Å². The largest absolute Gasteiger partial charge is 0.379 e. The highest BCUT2D eigenvalue weighted by Crippen LogP contribution is 2.25. The second-order valence-corrected chi connectivity index (χ2v) is 9.71. The van der Waals surface area contributed by atoms with Gasteiger partial charge in [-0.2, -0.15) is 0 Å². The van der Waals surface area contributed by atoms with Gasteiger partial charge in [-0.3, -0.25) is 9.69 Å². The Bertz CT molecular complexity index is 990. The van der Waals surface area contributed by atoms with Gasteiger partial charge < -0.3 is 15.0 Å². The van der Waals surface area contributed by atoms with Gasteiger partial charge in [-0.1, -0.05) is 5.92 Å². The molecule has 2 saturated heterocycles. The van der Waals surface area contributed by atoms with Crippen LogP contribution in [-0.2, 0) is 22.5 Å². The van der Waals surface area contributed by atoms with E-state index in [4.69, 9.17) is 9.72 Å². The number of pyridine rings is 1. The van der Waals surface area contributed by atoms with Crippen molar-refractivity contribution in [2.45, 2.75) is 39.7 Å². The van der Waals surface area contributed by atoms with Gasteiger partial charge in [-0.25, -0.2) is 9.97 Å². The van der Waals surface area contributed by atoms with Crippen molar-refractivity contribution in [2.24, 2.45) is 5.92 Å². The number of hydrogen-bond donors (Lipinski definition) is 1. The van der Waals surface area contributed by atoms with Crippen molar-refractivity contribution >= 4 is 28.2 Å². The number of nitrogens with one attached hydrogen (secondary N) is 1. The predicted molar refractivity (Wildman–Crippen MR) is 127 cm³/mol. The minimum absolute atomic E-state index is 0.0623. The Hall–Kier alpha value is -2.47. The molecule has 0 unspecified atom stereocenters. The zero-order valence-corrected chi connectivity index (χ0v) is 19.7. The van der Waals surface area contributed by atoms with Gasteiger partial charge in [0.25, 0.3) is 5.91 Å². The summed E-state index contributed by atoms with van der Waals surface area (Å²) in [6, 6.07) is 4.35. The van der Waals surface area contributed by atoms with Gasteiger partial charge in [0.2, 0.25) is 0 Å². The quantitative estimate of drug-likeness (QED) is 0.678. The molecule has 32 heavy (non-hydrogen) atoms. The SMILES string of the molecule is CC#CC(=O)N1CCC[C@H](Cc2cc(CN3CCOCC3)cc(Nc3ncc(C)s3)n2)C1. The fourth-order valence-electron chi connectivity index (χ4n) is 4.35. The summed E-state index contributed by atoms with van der Waals surface area (Å²) in [5.41, 5.74) is 2.31. The molecule has 1 atom stereocenters. The third kappa shape index (κ3) is 6.28. The molecule has 0 bridgehead atoms. The molecule has 1 N–H and O–H groups in total. The molecule has 170 valence electrons. The lowest BCUT2D eigenvalue weighted by atomic mass is 9.92. The Morgan fingerprint density at radius 3 is 2.91 bits per heavy atom. The van der Waals surface area contributed by atoms with E-state index in [0.717, 1.165) is 81.8 Å². The summed E-state index contributed by atoms with van der Waals surface area (Å²) < 4.78 is 5.50. The number of hydrogen-bond acceptors (Lipinski definition) is 7. The molecule has 4 rings (SSSR count). The molecule has 0 aliphatic carbocycles. The number of aromatic nitrogens is 2. The maximum absolute atomic E-state index is 12.2. The average Bonchev–Trinajstić information content (AvgIpc) is 3.19. The number of ether oxygens (including phenoxy) is 1. The smallest absolute Gasteiger partial charge is 0.298 e. The Morgan fingerprint density at radius 2 is 2.16 bits per heavy atom. The van der Waals surface area contributed by atoms with Crippen LogP contribution in [0.4, 0.5) is 10.9 Å². The molecule has 7 nitrogen and oxygen atoms in total. The van der Waals surface area contributed by atoms with Gasteiger partial charge >= 0.3 is 0 Å². The summed E-state index contributed by atoms with van der Waals surface area (Å²) in [7, 11) is 0. The molecule has 2 fully saturated rings. The number of anilines is 2. The van der Waals surface area contributed by atoms with Crippen LogP contribution < -0.4 is 5.32 Å². The summed E-state index contributed by atoms with van der Waals surface area (Å²) in [6.07, 6.45) is 4.84. The van der Waals surface area contributed by atoms with Gasteiger partial charge in [0.05, 0.1) is 13.2 Å². The van der Waals surface area contributed by atoms with Crippen molar-refractivity contribution in [2.75, 3.05) is 44.7 Å². The average molecular weight is 454 g/mol. The molecule has 2 aromatic heterocycles. The van der Waals surface area contributed by atoms with Crippen LogP contribution >= 0.6 is 11.3 Å². The highest BCUT2D eigenvalue weighted by atomic mass is 32.1. The number of thiazole rings is 1. The second kappa shape index (κ2) is 10.9. The summed E-state index contributed by atoms with van der Waals surface area (Å²) in [6.45, 7) is 9.65. The second-order valence-electron chi connectivity index (χ2n) is 8.48. The van der Waals surface area contributed by atoms with E-state index in [0.29, 0.717) is 5.92 Å². The van der Waals surface area contributed by atoms with Gasteiger partial charge in [-0.15, -0.1) is 11.3 Å². The number of likely N-dealkylation sites (tertiary alicyclic amines) is 1. The maximum Gasteiger partial charge on any atom is 0.298 e. The van der Waals surface area contributed by atoms with Crippen molar-refractivity contribution in [1.29, 1.82) is 0 Å². The van der Waals surface area contributed by atoms with Crippen LogP contribution in [-0.4, -0.2) is 65.1 Å². The van der Waals surface area contributed by atoms with Gasteiger partial charge in [-0.05, 0) is 62.6 Å². The third-order valence-electron chi connectivity index (χ3n) is 5.84. The normalized spacial score (nSPS) is 19.3. The van der Waals surface area contributed by atoms with Crippen molar-refractivity contribution in [3.8, 4) is 11.8 Å². The summed E-state index contributed by atoms with van der Waals surface area (Å²) in [5, 5.41) is 4.25. The maximum atomic E-state index is 12.2. The van der Waals surface area contributed by atoms with Crippen LogP contribution in [0, 0.1) is 24.7 Å². The fourth-order valence-corrected chi connectivity index (χ4v) is 5.02. The molecule has 4 heterocycles. The summed E-state index contributed by atoms with van der Waals surface area (Å²) in [4.78, 5) is 27.1. The van der Waals surface area contributed by atoms with E-state index < -0.39 is 0 Å². The van der Waals surface area contributed by atoms with Crippen molar-refractivity contribution in [1.82, 2.24) is 19.8 Å². The highest BCUT2D eigenvalue weighted by molar-refractivity contribution is 7.15. The molecular weight excluding hydrogens is 422 g/mol. The molecule has 0 aromatic carbocycles. The van der Waals surface area contributed by atoms with Crippen molar-refractivity contribution in [3.63, 3.8) is 0 Å². The third-order valence-corrected chi connectivity index (χ3v) is 6.67. The van der Waals surface area contributed by atoms with Crippen LogP contribution in [0.5, 0.6) is 0 Å². The van der Waals surface area contributed by atoms with E-state index in [9.17, 15) is 4.79 Å². The fraction of sp³-hybridized carbons (Fsp3) is 0.542. The van der Waals surface area contributed by atoms with Gasteiger partial charge in [0.15, 0.2) is 5.13 Å². The van der Waals surface area contributed by atoms with Crippen LogP contribution in [0.2, 0.25) is 0 Å². The molecule has 0 saturated carbocycles. The molecule has 2 aliphatic rings. The monoisotopic (exact) mass is 453 g/mol. The minimum Gasteiger partial charge on any atom is -0.379 e. The Kier molecular flexibility index (Phi) is 7.74. The van der Waals surface area contributed by atoms with Crippen LogP contribution in [0.1, 0.15) is 35.9 Å². The van der Waals surface area contributed by atoms with E-state index in [1.165, 1.54) is 10.4 Å². The minimum atomic E-state index is -0.0623. The molecule has 8 heteroatoms. The number of rotatable bonds is 6. The molecule has 2 aromatic rings. The highest BCUT2D eigenvalue weighted by Gasteiger charge is 2.24. The van der Waals surface area contributed by atoms with Crippen molar-refractivity contribution < 1.29 is 9.53 Å². The van der Waals surface area contributed by atoms with E-state index >= 15 is 0 Å². The lowest BCUT2D eigenvalue weighted by Crippen LogP contribution is -2.40. The Balaban J connectivity index is 1.51. The number of carbonyl (C=O) groups excluding carboxylic acids is 1. The van der Waals surface area contributed by atoms with Crippen molar-refractivity contribution in [3.05, 3.63) is 34.5 Å². The molecule has 1 amide bonds. The zero-order chi connectivity index (χ0) is 22.3. The van der Waals surface area contributed by atoms with Gasteiger partial charge in [0.1, 0.15) is 5.82 Å². The number of amides is 1. The first-order valence-electron chi connectivity index (χ1n) is 11.3. The lowest BCUT2D eigenvalue weighted by molar-refractivity contribution is -0.126. The molecular formula is C24H31N5O2S. The van der Waals surface area contributed by atoms with E-state index in [-0.39, 0.29) is 5.91 Å². The van der Waals surface area contributed by atoms with E-state index in [1.54, 1.807) is 18.3 Å². The lowest BCUT2D eigenvalue weighted by Gasteiger charge is -2.31. The number of carbonyl (C=O) groups is 1. The van der Waals surface area contributed by atoms with E-state index in [2.05, 4.69) is 46.1 Å². The van der Waals surface area contributed by atoms with Crippen LogP contribution in [0.15, 0.2) is 18.3 Å². The molecule has 0 spiro atoms. The van der Waals surface area contributed by atoms with E-state index in [1.807, 2.05) is 11.1 Å². The first kappa shape index (κ1) is 22.7. The first-order chi connectivity index (χ1) is 15.6. The Morgan fingerprint density at radius 1 is 1.31 bits per heavy atom. The summed E-state index contributed by atoms with van der Waals surface area (Å²) in [5.74, 6) is 6.58. The summed E-state index contributed by atoms with van der Waals surface area (Å²) >= 11 is 1.63. The van der Waals surface area contributed by atoms with Gasteiger partial charge in [0, 0.05) is 49.5 Å². The molecule has 2 aliphatic heterocycles. The zero-order valence-electron chi connectivity index (χ0n) is 18.9.